The average molecular weight is 473 g/mol. The Labute approximate surface area is 168 Å². The van der Waals surface area contributed by atoms with E-state index in [-0.39, 0.29) is 47.6 Å². The van der Waals surface area contributed by atoms with E-state index in [2.05, 4.69) is 10.3 Å². The molecule has 4 nitrogen and oxygen atoms in total. The third-order valence-electron chi connectivity index (χ3n) is 4.26. The second-order valence-electron chi connectivity index (χ2n) is 6.08. The van der Waals surface area contributed by atoms with Crippen LogP contribution in [0.25, 0.3) is 0 Å². The van der Waals surface area contributed by atoms with Crippen LogP contribution in [0, 0.1) is 17.6 Å². The molecule has 3 N–H and O–H groups in total. The molecule has 26 heavy (non-hydrogen) atoms. The van der Waals surface area contributed by atoms with Gasteiger partial charge >= 0.3 is 0 Å². The number of halogens is 3. The number of hydrogen-bond donors (Lipinski definition) is 2. The van der Waals surface area contributed by atoms with Crippen molar-refractivity contribution < 1.29 is 13.5 Å². The first-order chi connectivity index (χ1) is 12.1. The number of rotatable bonds is 4. The second kappa shape index (κ2) is 9.82. The SMILES string of the molecule is I.NC(=NCC1CCCOC1c1ccccc1)Nc1cc(F)ccc1F. The van der Waals surface area contributed by atoms with Gasteiger partial charge in [-0.1, -0.05) is 30.3 Å². The summed E-state index contributed by atoms with van der Waals surface area (Å²) in [5.41, 5.74) is 6.92. The summed E-state index contributed by atoms with van der Waals surface area (Å²) in [5, 5.41) is 2.62. The van der Waals surface area contributed by atoms with Gasteiger partial charge < -0.3 is 15.8 Å². The molecule has 2 aromatic carbocycles. The number of nitrogens with one attached hydrogen (secondary N) is 1. The van der Waals surface area contributed by atoms with Gasteiger partial charge in [0.15, 0.2) is 5.96 Å². The Hall–Kier alpha value is -1.74. The summed E-state index contributed by atoms with van der Waals surface area (Å²) in [7, 11) is 0. The second-order valence-corrected chi connectivity index (χ2v) is 6.08. The average Bonchev–Trinajstić information content (AvgIpc) is 2.64. The molecular formula is C19H22F2IN3O. The molecule has 2 unspecified atom stereocenters. The fourth-order valence-electron chi connectivity index (χ4n) is 3.03. The van der Waals surface area contributed by atoms with Crippen molar-refractivity contribution in [2.45, 2.75) is 18.9 Å². The maximum absolute atomic E-state index is 13.6. The van der Waals surface area contributed by atoms with Gasteiger partial charge in [-0.05, 0) is 30.5 Å². The Bertz CT molecular complexity index is 743. The summed E-state index contributed by atoms with van der Waals surface area (Å²) in [6.07, 6.45) is 1.91. The van der Waals surface area contributed by atoms with Crippen molar-refractivity contribution in [1.82, 2.24) is 0 Å². The topological polar surface area (TPSA) is 59.6 Å². The first-order valence-electron chi connectivity index (χ1n) is 8.32. The third kappa shape index (κ3) is 5.38. The highest BCUT2D eigenvalue weighted by Gasteiger charge is 2.27. The van der Waals surface area contributed by atoms with E-state index in [0.29, 0.717) is 6.54 Å². The van der Waals surface area contributed by atoms with Gasteiger partial charge in [0.25, 0.3) is 0 Å². The number of ether oxygens (including phenoxy) is 1. The molecule has 1 aliphatic heterocycles. The zero-order valence-electron chi connectivity index (χ0n) is 14.2. The highest BCUT2D eigenvalue weighted by molar-refractivity contribution is 14.0. The quantitative estimate of drug-likeness (QED) is 0.391. The molecular weight excluding hydrogens is 451 g/mol. The van der Waals surface area contributed by atoms with Gasteiger partial charge in [-0.25, -0.2) is 8.78 Å². The number of nitrogens with two attached hydrogens (primary N) is 1. The zero-order chi connectivity index (χ0) is 17.6. The van der Waals surface area contributed by atoms with Crippen LogP contribution >= 0.6 is 24.0 Å². The highest BCUT2D eigenvalue weighted by atomic mass is 127. The van der Waals surface area contributed by atoms with E-state index in [9.17, 15) is 8.78 Å². The Morgan fingerprint density at radius 3 is 2.73 bits per heavy atom. The van der Waals surface area contributed by atoms with Gasteiger partial charge in [0.05, 0.1) is 11.8 Å². The molecule has 0 spiro atoms. The smallest absolute Gasteiger partial charge is 0.193 e. The predicted octanol–water partition coefficient (Wildman–Crippen LogP) is 4.48. The number of aliphatic imine (C=N–C) groups is 1. The number of hydrogen-bond acceptors (Lipinski definition) is 2. The van der Waals surface area contributed by atoms with Crippen molar-refractivity contribution in [2.75, 3.05) is 18.5 Å². The molecule has 0 amide bonds. The van der Waals surface area contributed by atoms with Crippen LogP contribution in [0.1, 0.15) is 24.5 Å². The van der Waals surface area contributed by atoms with Crippen molar-refractivity contribution in [3.05, 3.63) is 65.7 Å². The summed E-state index contributed by atoms with van der Waals surface area (Å²) >= 11 is 0. The van der Waals surface area contributed by atoms with E-state index in [1.807, 2.05) is 30.3 Å². The minimum Gasteiger partial charge on any atom is -0.373 e. The van der Waals surface area contributed by atoms with Gasteiger partial charge in [-0.15, -0.1) is 24.0 Å². The lowest BCUT2D eigenvalue weighted by molar-refractivity contribution is -0.0249. The normalized spacial score (nSPS) is 20.3. The first kappa shape index (κ1) is 20.6. The van der Waals surface area contributed by atoms with Crippen molar-refractivity contribution in [3.63, 3.8) is 0 Å². The Kier molecular flexibility index (Phi) is 7.77. The van der Waals surface area contributed by atoms with Gasteiger partial charge in [-0.3, -0.25) is 4.99 Å². The largest absolute Gasteiger partial charge is 0.373 e. The summed E-state index contributed by atoms with van der Waals surface area (Å²) < 4.78 is 32.8. The van der Waals surface area contributed by atoms with Crippen LogP contribution in [0.4, 0.5) is 14.5 Å². The zero-order valence-corrected chi connectivity index (χ0v) is 16.5. The Balaban J connectivity index is 0.00000243. The molecule has 0 radical (unpaired) electrons. The van der Waals surface area contributed by atoms with Crippen molar-refractivity contribution >= 4 is 35.6 Å². The minimum absolute atomic E-state index is 0. The van der Waals surface area contributed by atoms with Crippen molar-refractivity contribution in [1.29, 1.82) is 0 Å². The minimum atomic E-state index is -0.581. The van der Waals surface area contributed by atoms with E-state index in [1.54, 1.807) is 0 Å². The predicted molar refractivity (Wildman–Crippen MR) is 110 cm³/mol. The summed E-state index contributed by atoms with van der Waals surface area (Å²) in [4.78, 5) is 4.30. The van der Waals surface area contributed by atoms with Gasteiger partial charge in [0.2, 0.25) is 0 Å². The monoisotopic (exact) mass is 473 g/mol. The molecule has 2 atom stereocenters. The lowest BCUT2D eigenvalue weighted by Gasteiger charge is -2.31. The Morgan fingerprint density at radius 1 is 1.19 bits per heavy atom. The number of benzene rings is 2. The molecule has 0 saturated carbocycles. The molecule has 0 bridgehead atoms. The van der Waals surface area contributed by atoms with Crippen LogP contribution < -0.4 is 11.1 Å². The van der Waals surface area contributed by atoms with E-state index in [4.69, 9.17) is 10.5 Å². The first-order valence-corrected chi connectivity index (χ1v) is 8.32. The Morgan fingerprint density at radius 2 is 1.96 bits per heavy atom. The summed E-state index contributed by atoms with van der Waals surface area (Å²) in [5.74, 6) is -0.875. The maximum atomic E-state index is 13.6. The summed E-state index contributed by atoms with van der Waals surface area (Å²) in [6.45, 7) is 1.18. The van der Waals surface area contributed by atoms with Crippen LogP contribution in [-0.2, 0) is 4.74 Å². The van der Waals surface area contributed by atoms with E-state index in [1.165, 1.54) is 0 Å². The fourth-order valence-corrected chi connectivity index (χ4v) is 3.03. The number of guanidine groups is 1. The number of anilines is 1. The summed E-state index contributed by atoms with van der Waals surface area (Å²) in [6, 6.07) is 13.2. The van der Waals surface area contributed by atoms with Gasteiger partial charge in [0, 0.05) is 25.1 Å². The molecule has 1 aliphatic rings. The molecule has 3 rings (SSSR count). The van der Waals surface area contributed by atoms with Crippen LogP contribution in [0.2, 0.25) is 0 Å². The molecule has 1 saturated heterocycles. The van der Waals surface area contributed by atoms with Crippen molar-refractivity contribution in [3.8, 4) is 0 Å². The van der Waals surface area contributed by atoms with E-state index in [0.717, 1.165) is 43.2 Å². The molecule has 140 valence electrons. The molecule has 0 aromatic heterocycles. The molecule has 1 heterocycles. The molecule has 2 aromatic rings. The van der Waals surface area contributed by atoms with Gasteiger partial charge in [0.1, 0.15) is 11.6 Å². The van der Waals surface area contributed by atoms with Crippen LogP contribution in [-0.4, -0.2) is 19.1 Å². The third-order valence-corrected chi connectivity index (χ3v) is 4.26. The van der Waals surface area contributed by atoms with Crippen molar-refractivity contribution in [2.24, 2.45) is 16.6 Å². The van der Waals surface area contributed by atoms with E-state index < -0.39 is 11.6 Å². The van der Waals surface area contributed by atoms with Crippen LogP contribution in [0.5, 0.6) is 0 Å². The van der Waals surface area contributed by atoms with Gasteiger partial charge in [-0.2, -0.15) is 0 Å². The molecule has 7 heteroatoms. The van der Waals surface area contributed by atoms with Crippen LogP contribution in [0.3, 0.4) is 0 Å². The van der Waals surface area contributed by atoms with Crippen LogP contribution in [0.15, 0.2) is 53.5 Å². The lowest BCUT2D eigenvalue weighted by atomic mass is 9.89. The molecule has 1 fully saturated rings. The lowest BCUT2D eigenvalue weighted by Crippen LogP contribution is -2.28. The maximum Gasteiger partial charge on any atom is 0.193 e. The molecule has 0 aliphatic carbocycles. The van der Waals surface area contributed by atoms with E-state index >= 15 is 0 Å². The standard InChI is InChI=1S/C19H21F2N3O.HI/c20-15-8-9-16(21)17(11-15)24-19(22)23-12-14-7-4-10-25-18(14)13-5-2-1-3-6-13;/h1-3,5-6,8-9,11,14,18H,4,7,10,12H2,(H3,22,23,24);1H. The number of nitrogens with zero attached hydrogens (tertiary/aromatic N) is 1. The highest BCUT2D eigenvalue weighted by Crippen LogP contribution is 2.33. The fraction of sp³-hybridized carbons (Fsp3) is 0.316.